The Balaban J connectivity index is 3.22. The standard InChI is InChI=1S/C11H20O3/c1-9(2)11(13)7-5-4-6-8-14-10(3)12/h9H,4-8H2,1-3H3. The number of ether oxygens (including phenoxy) is 1. The van der Waals surface area contributed by atoms with Crippen LogP contribution in [-0.2, 0) is 14.3 Å². The van der Waals surface area contributed by atoms with Crippen molar-refractivity contribution in [2.75, 3.05) is 6.61 Å². The Morgan fingerprint density at radius 2 is 1.79 bits per heavy atom. The summed E-state index contributed by atoms with van der Waals surface area (Å²) in [5.74, 6) is 0.226. The Kier molecular flexibility index (Phi) is 7.07. The fraction of sp³-hybridized carbons (Fsp3) is 0.818. The molecule has 0 aromatic carbocycles. The molecule has 0 unspecified atom stereocenters. The second-order valence-electron chi connectivity index (χ2n) is 3.77. The number of esters is 1. The van der Waals surface area contributed by atoms with E-state index in [0.29, 0.717) is 18.8 Å². The zero-order valence-corrected chi connectivity index (χ0v) is 9.34. The lowest BCUT2D eigenvalue weighted by atomic mass is 10.0. The van der Waals surface area contributed by atoms with Crippen molar-refractivity contribution >= 4 is 11.8 Å². The fourth-order valence-electron chi connectivity index (χ4n) is 1.08. The van der Waals surface area contributed by atoms with Crippen molar-refractivity contribution in [3.05, 3.63) is 0 Å². The van der Waals surface area contributed by atoms with Crippen molar-refractivity contribution < 1.29 is 14.3 Å². The summed E-state index contributed by atoms with van der Waals surface area (Å²) in [6, 6.07) is 0. The molecule has 0 aliphatic heterocycles. The van der Waals surface area contributed by atoms with E-state index in [4.69, 9.17) is 4.74 Å². The maximum absolute atomic E-state index is 11.2. The molecule has 0 amide bonds. The highest BCUT2D eigenvalue weighted by molar-refractivity contribution is 5.80. The van der Waals surface area contributed by atoms with Crippen LogP contribution in [0.5, 0.6) is 0 Å². The number of hydrogen-bond acceptors (Lipinski definition) is 3. The van der Waals surface area contributed by atoms with Crippen molar-refractivity contribution in [1.29, 1.82) is 0 Å². The van der Waals surface area contributed by atoms with Crippen LogP contribution < -0.4 is 0 Å². The molecule has 0 saturated carbocycles. The summed E-state index contributed by atoms with van der Waals surface area (Å²) in [4.78, 5) is 21.6. The molecule has 3 heteroatoms. The zero-order chi connectivity index (χ0) is 11.0. The molecular weight excluding hydrogens is 180 g/mol. The van der Waals surface area contributed by atoms with Gasteiger partial charge in [0.05, 0.1) is 6.61 Å². The van der Waals surface area contributed by atoms with E-state index >= 15 is 0 Å². The highest BCUT2D eigenvalue weighted by Crippen LogP contribution is 2.06. The minimum Gasteiger partial charge on any atom is -0.466 e. The maximum Gasteiger partial charge on any atom is 0.302 e. The van der Waals surface area contributed by atoms with Crippen LogP contribution >= 0.6 is 0 Å². The fourth-order valence-corrected chi connectivity index (χ4v) is 1.08. The first-order valence-electron chi connectivity index (χ1n) is 5.20. The lowest BCUT2D eigenvalue weighted by molar-refractivity contribution is -0.141. The first-order valence-corrected chi connectivity index (χ1v) is 5.20. The third-order valence-electron chi connectivity index (χ3n) is 2.02. The number of rotatable bonds is 7. The van der Waals surface area contributed by atoms with Gasteiger partial charge < -0.3 is 4.74 Å². The summed E-state index contributed by atoms with van der Waals surface area (Å²) in [6.07, 6.45) is 3.35. The second kappa shape index (κ2) is 7.54. The molecule has 0 bridgehead atoms. The van der Waals surface area contributed by atoms with Gasteiger partial charge in [0.1, 0.15) is 5.78 Å². The minimum atomic E-state index is -0.233. The van der Waals surface area contributed by atoms with Crippen LogP contribution in [0.3, 0.4) is 0 Å². The highest BCUT2D eigenvalue weighted by Gasteiger charge is 2.05. The first-order chi connectivity index (χ1) is 6.54. The SMILES string of the molecule is CC(=O)OCCCCCC(=O)C(C)C. The van der Waals surface area contributed by atoms with Gasteiger partial charge in [-0.1, -0.05) is 13.8 Å². The topological polar surface area (TPSA) is 43.4 Å². The molecule has 0 aromatic rings. The van der Waals surface area contributed by atoms with E-state index < -0.39 is 0 Å². The van der Waals surface area contributed by atoms with E-state index in [1.807, 2.05) is 13.8 Å². The Bertz CT molecular complexity index is 185. The summed E-state index contributed by atoms with van der Waals surface area (Å²) in [6.45, 7) is 5.72. The number of unbranched alkanes of at least 4 members (excludes halogenated alkanes) is 2. The summed E-state index contributed by atoms with van der Waals surface area (Å²) in [7, 11) is 0. The predicted molar refractivity (Wildman–Crippen MR) is 54.9 cm³/mol. The van der Waals surface area contributed by atoms with Crippen LogP contribution in [-0.4, -0.2) is 18.4 Å². The van der Waals surface area contributed by atoms with Crippen LogP contribution in [0.15, 0.2) is 0 Å². The Morgan fingerprint density at radius 3 is 2.29 bits per heavy atom. The molecule has 0 aliphatic rings. The van der Waals surface area contributed by atoms with Crippen molar-refractivity contribution in [3.63, 3.8) is 0 Å². The summed E-state index contributed by atoms with van der Waals surface area (Å²) in [5, 5.41) is 0. The normalized spacial score (nSPS) is 10.3. The zero-order valence-electron chi connectivity index (χ0n) is 9.34. The van der Waals surface area contributed by atoms with Gasteiger partial charge in [0.25, 0.3) is 0 Å². The molecular formula is C11H20O3. The Hall–Kier alpha value is -0.860. The molecule has 0 aliphatic carbocycles. The maximum atomic E-state index is 11.2. The van der Waals surface area contributed by atoms with Crippen molar-refractivity contribution in [2.24, 2.45) is 5.92 Å². The van der Waals surface area contributed by atoms with E-state index in [0.717, 1.165) is 19.3 Å². The Labute approximate surface area is 85.8 Å². The van der Waals surface area contributed by atoms with Crippen LogP contribution in [0.25, 0.3) is 0 Å². The van der Waals surface area contributed by atoms with Gasteiger partial charge in [0.15, 0.2) is 0 Å². The average Bonchev–Trinajstić information content (AvgIpc) is 2.09. The van der Waals surface area contributed by atoms with E-state index in [9.17, 15) is 9.59 Å². The van der Waals surface area contributed by atoms with Crippen molar-refractivity contribution in [3.8, 4) is 0 Å². The number of hydrogen-bond donors (Lipinski definition) is 0. The third-order valence-corrected chi connectivity index (χ3v) is 2.02. The summed E-state index contributed by atoms with van der Waals surface area (Å²) in [5.41, 5.74) is 0. The van der Waals surface area contributed by atoms with Gasteiger partial charge >= 0.3 is 5.97 Å². The van der Waals surface area contributed by atoms with Gasteiger partial charge in [-0.25, -0.2) is 0 Å². The molecule has 0 aromatic heterocycles. The molecule has 3 nitrogen and oxygen atoms in total. The lowest BCUT2D eigenvalue weighted by Gasteiger charge is -2.04. The van der Waals surface area contributed by atoms with Gasteiger partial charge in [-0.15, -0.1) is 0 Å². The molecule has 0 atom stereocenters. The van der Waals surface area contributed by atoms with E-state index in [1.54, 1.807) is 0 Å². The average molecular weight is 200 g/mol. The highest BCUT2D eigenvalue weighted by atomic mass is 16.5. The third kappa shape index (κ3) is 7.77. The van der Waals surface area contributed by atoms with Crippen LogP contribution in [0.2, 0.25) is 0 Å². The largest absolute Gasteiger partial charge is 0.466 e. The van der Waals surface area contributed by atoms with Crippen molar-refractivity contribution in [1.82, 2.24) is 0 Å². The van der Waals surface area contributed by atoms with Crippen LogP contribution in [0, 0.1) is 5.92 Å². The van der Waals surface area contributed by atoms with Crippen LogP contribution in [0.4, 0.5) is 0 Å². The van der Waals surface area contributed by atoms with E-state index in [1.165, 1.54) is 6.92 Å². The molecule has 0 radical (unpaired) electrons. The molecule has 14 heavy (non-hydrogen) atoms. The monoisotopic (exact) mass is 200 g/mol. The molecule has 0 saturated heterocycles. The lowest BCUT2D eigenvalue weighted by Crippen LogP contribution is -2.06. The van der Waals surface area contributed by atoms with E-state index in [-0.39, 0.29) is 11.9 Å². The number of carbonyl (C=O) groups is 2. The second-order valence-corrected chi connectivity index (χ2v) is 3.77. The van der Waals surface area contributed by atoms with Gasteiger partial charge in [0.2, 0.25) is 0 Å². The van der Waals surface area contributed by atoms with Crippen molar-refractivity contribution in [2.45, 2.75) is 46.5 Å². The van der Waals surface area contributed by atoms with E-state index in [2.05, 4.69) is 0 Å². The molecule has 0 N–H and O–H groups in total. The molecule has 82 valence electrons. The number of carbonyl (C=O) groups excluding carboxylic acids is 2. The summed E-state index contributed by atoms with van der Waals surface area (Å²) >= 11 is 0. The quantitative estimate of drug-likeness (QED) is 0.468. The van der Waals surface area contributed by atoms with Gasteiger partial charge in [0, 0.05) is 19.3 Å². The molecule has 0 spiro atoms. The van der Waals surface area contributed by atoms with Gasteiger partial charge in [-0.05, 0) is 19.3 Å². The Morgan fingerprint density at radius 1 is 1.14 bits per heavy atom. The minimum absolute atomic E-state index is 0.142. The predicted octanol–water partition coefficient (Wildman–Crippen LogP) is 2.33. The first kappa shape index (κ1) is 13.1. The molecule has 0 heterocycles. The number of ketones is 1. The summed E-state index contributed by atoms with van der Waals surface area (Å²) < 4.78 is 4.77. The number of Topliss-reactive ketones (excluding diaryl/α,β-unsaturated/α-hetero) is 1. The smallest absolute Gasteiger partial charge is 0.302 e. The van der Waals surface area contributed by atoms with Gasteiger partial charge in [-0.2, -0.15) is 0 Å². The molecule has 0 rings (SSSR count). The van der Waals surface area contributed by atoms with Crippen LogP contribution in [0.1, 0.15) is 46.5 Å². The molecule has 0 fully saturated rings. The van der Waals surface area contributed by atoms with Gasteiger partial charge in [-0.3, -0.25) is 9.59 Å².